The van der Waals surface area contributed by atoms with Crippen molar-refractivity contribution in [2.24, 2.45) is 5.73 Å². The minimum atomic E-state index is -1.50. The van der Waals surface area contributed by atoms with Crippen molar-refractivity contribution in [1.29, 1.82) is 0 Å². The smallest absolute Gasteiger partial charge is 0.156 e. The van der Waals surface area contributed by atoms with E-state index in [2.05, 4.69) is 0 Å². The van der Waals surface area contributed by atoms with Gasteiger partial charge in [-0.15, -0.1) is 0 Å². The highest BCUT2D eigenvalue weighted by Crippen LogP contribution is 2.13. The molecule has 4 heteroatoms. The van der Waals surface area contributed by atoms with Gasteiger partial charge in [-0.05, 0) is 39.7 Å². The standard InChI is InChI=1S/C6H13NO.C3H8O2/c7-4-3-6-2-1-5-8-6;1-3(2,4)5/h6H,1-5,7H2;4-5H,1-2H3. The van der Waals surface area contributed by atoms with E-state index in [9.17, 15) is 0 Å². The van der Waals surface area contributed by atoms with Gasteiger partial charge < -0.3 is 20.7 Å². The highest BCUT2D eigenvalue weighted by Gasteiger charge is 2.13. The van der Waals surface area contributed by atoms with Crippen LogP contribution in [0.2, 0.25) is 0 Å². The van der Waals surface area contributed by atoms with Crippen LogP contribution in [0.1, 0.15) is 33.1 Å². The van der Waals surface area contributed by atoms with Crippen LogP contribution in [0.25, 0.3) is 0 Å². The molecule has 0 radical (unpaired) electrons. The summed E-state index contributed by atoms with van der Waals surface area (Å²) in [4.78, 5) is 0. The first kappa shape index (κ1) is 12.8. The first-order valence-electron chi connectivity index (χ1n) is 4.70. The average molecular weight is 191 g/mol. The maximum atomic E-state index is 8.08. The monoisotopic (exact) mass is 191 g/mol. The van der Waals surface area contributed by atoms with Crippen LogP contribution in [0.15, 0.2) is 0 Å². The van der Waals surface area contributed by atoms with Crippen LogP contribution in [-0.2, 0) is 4.74 Å². The first-order chi connectivity index (χ1) is 5.93. The molecule has 1 aliphatic heterocycles. The van der Waals surface area contributed by atoms with Crippen LogP contribution in [0, 0.1) is 0 Å². The second kappa shape index (κ2) is 6.32. The fourth-order valence-corrected chi connectivity index (χ4v) is 1.06. The molecule has 80 valence electrons. The van der Waals surface area contributed by atoms with Crippen LogP contribution in [-0.4, -0.2) is 35.3 Å². The normalized spacial score (nSPS) is 22.4. The molecule has 0 amide bonds. The summed E-state index contributed by atoms with van der Waals surface area (Å²) in [7, 11) is 0. The Kier molecular flexibility index (Phi) is 6.24. The SMILES string of the molecule is CC(C)(O)O.NCCC1CCCO1. The molecular formula is C9H21NO3. The average Bonchev–Trinajstić information content (AvgIpc) is 2.36. The summed E-state index contributed by atoms with van der Waals surface area (Å²) in [6.45, 7) is 4.31. The second-order valence-corrected chi connectivity index (χ2v) is 3.71. The molecule has 1 atom stereocenters. The quantitative estimate of drug-likeness (QED) is 0.546. The maximum Gasteiger partial charge on any atom is 0.156 e. The zero-order chi connectivity index (χ0) is 10.3. The number of aliphatic hydroxyl groups is 2. The molecule has 0 bridgehead atoms. The number of nitrogens with two attached hydrogens (primary N) is 1. The largest absolute Gasteiger partial charge is 0.378 e. The van der Waals surface area contributed by atoms with Crippen molar-refractivity contribution in [2.45, 2.75) is 45.0 Å². The molecular weight excluding hydrogens is 170 g/mol. The second-order valence-electron chi connectivity index (χ2n) is 3.71. The van der Waals surface area contributed by atoms with Crippen molar-refractivity contribution in [1.82, 2.24) is 0 Å². The summed E-state index contributed by atoms with van der Waals surface area (Å²) in [6.07, 6.45) is 3.97. The zero-order valence-electron chi connectivity index (χ0n) is 8.49. The molecule has 0 saturated carbocycles. The van der Waals surface area contributed by atoms with Gasteiger partial charge in [-0.3, -0.25) is 0 Å². The van der Waals surface area contributed by atoms with Crippen LogP contribution in [0.4, 0.5) is 0 Å². The third-order valence-corrected chi connectivity index (χ3v) is 1.51. The summed E-state index contributed by atoms with van der Waals surface area (Å²) < 4.78 is 5.31. The van der Waals surface area contributed by atoms with Crippen molar-refractivity contribution in [3.8, 4) is 0 Å². The summed E-state index contributed by atoms with van der Waals surface area (Å²) in [5.41, 5.74) is 5.33. The molecule has 1 fully saturated rings. The Hall–Kier alpha value is -0.160. The zero-order valence-corrected chi connectivity index (χ0v) is 8.49. The molecule has 4 N–H and O–H groups in total. The van der Waals surface area contributed by atoms with Crippen LogP contribution in [0.5, 0.6) is 0 Å². The third-order valence-electron chi connectivity index (χ3n) is 1.51. The molecule has 0 spiro atoms. The van der Waals surface area contributed by atoms with Gasteiger partial charge in [0.15, 0.2) is 5.79 Å². The van der Waals surface area contributed by atoms with Crippen molar-refractivity contribution < 1.29 is 14.9 Å². The molecule has 0 aromatic rings. The van der Waals surface area contributed by atoms with E-state index in [4.69, 9.17) is 20.7 Å². The lowest BCUT2D eigenvalue weighted by Crippen LogP contribution is -2.15. The third kappa shape index (κ3) is 11.8. The molecule has 1 heterocycles. The van der Waals surface area contributed by atoms with Gasteiger partial charge in [-0.2, -0.15) is 0 Å². The van der Waals surface area contributed by atoms with Crippen molar-refractivity contribution >= 4 is 0 Å². The summed E-state index contributed by atoms with van der Waals surface area (Å²) in [5, 5.41) is 16.2. The molecule has 4 nitrogen and oxygen atoms in total. The minimum absolute atomic E-state index is 0.486. The number of hydrogen-bond donors (Lipinski definition) is 3. The highest BCUT2D eigenvalue weighted by molar-refractivity contribution is 4.64. The number of ether oxygens (including phenoxy) is 1. The Morgan fingerprint density at radius 3 is 2.31 bits per heavy atom. The summed E-state index contributed by atoms with van der Waals surface area (Å²) in [5.74, 6) is -1.50. The lowest BCUT2D eigenvalue weighted by Gasteiger charge is -2.04. The van der Waals surface area contributed by atoms with Crippen molar-refractivity contribution in [3.63, 3.8) is 0 Å². The van der Waals surface area contributed by atoms with Crippen molar-refractivity contribution in [3.05, 3.63) is 0 Å². The highest BCUT2D eigenvalue weighted by atomic mass is 16.5. The Morgan fingerprint density at radius 1 is 1.46 bits per heavy atom. The lowest BCUT2D eigenvalue weighted by atomic mass is 10.2. The Bertz CT molecular complexity index is 111. The van der Waals surface area contributed by atoms with Gasteiger partial charge in [0.1, 0.15) is 0 Å². The fourth-order valence-electron chi connectivity index (χ4n) is 1.06. The lowest BCUT2D eigenvalue weighted by molar-refractivity contribution is -0.127. The van der Waals surface area contributed by atoms with Gasteiger partial charge in [0.2, 0.25) is 0 Å². The predicted octanol–water partition coefficient (Wildman–Crippen LogP) is 0.221. The van der Waals surface area contributed by atoms with Gasteiger partial charge in [-0.1, -0.05) is 0 Å². The minimum Gasteiger partial charge on any atom is -0.378 e. The molecule has 0 aromatic heterocycles. The van der Waals surface area contributed by atoms with Gasteiger partial charge in [0, 0.05) is 6.61 Å². The molecule has 13 heavy (non-hydrogen) atoms. The molecule has 0 aromatic carbocycles. The van der Waals surface area contributed by atoms with E-state index in [-0.39, 0.29) is 0 Å². The molecule has 1 rings (SSSR count). The predicted molar refractivity (Wildman–Crippen MR) is 51.2 cm³/mol. The van der Waals surface area contributed by atoms with Crippen LogP contribution < -0.4 is 5.73 Å². The van der Waals surface area contributed by atoms with Gasteiger partial charge in [0.25, 0.3) is 0 Å². The van der Waals surface area contributed by atoms with E-state index in [1.807, 2.05) is 0 Å². The Morgan fingerprint density at radius 2 is 2.00 bits per heavy atom. The van der Waals surface area contributed by atoms with E-state index in [1.54, 1.807) is 0 Å². The number of rotatable bonds is 2. The Labute approximate surface area is 79.7 Å². The molecule has 1 unspecified atom stereocenters. The van der Waals surface area contributed by atoms with E-state index >= 15 is 0 Å². The summed E-state index contributed by atoms with van der Waals surface area (Å²) in [6, 6.07) is 0. The maximum absolute atomic E-state index is 8.08. The van der Waals surface area contributed by atoms with E-state index in [0.29, 0.717) is 6.10 Å². The molecule has 0 aliphatic carbocycles. The van der Waals surface area contributed by atoms with E-state index in [0.717, 1.165) is 19.6 Å². The van der Waals surface area contributed by atoms with E-state index in [1.165, 1.54) is 26.7 Å². The van der Waals surface area contributed by atoms with Gasteiger partial charge in [0.05, 0.1) is 6.10 Å². The van der Waals surface area contributed by atoms with Crippen LogP contribution >= 0.6 is 0 Å². The Balaban J connectivity index is 0.000000252. The molecule has 1 aliphatic rings. The number of hydrogen-bond acceptors (Lipinski definition) is 4. The fraction of sp³-hybridized carbons (Fsp3) is 1.00. The molecule has 1 saturated heterocycles. The summed E-state index contributed by atoms with van der Waals surface area (Å²) >= 11 is 0. The first-order valence-corrected chi connectivity index (χ1v) is 4.70. The van der Waals surface area contributed by atoms with Crippen LogP contribution in [0.3, 0.4) is 0 Å². The van der Waals surface area contributed by atoms with Gasteiger partial charge in [-0.25, -0.2) is 0 Å². The van der Waals surface area contributed by atoms with E-state index < -0.39 is 5.79 Å². The topological polar surface area (TPSA) is 75.7 Å². The van der Waals surface area contributed by atoms with Crippen molar-refractivity contribution in [2.75, 3.05) is 13.2 Å². The van der Waals surface area contributed by atoms with Gasteiger partial charge >= 0.3 is 0 Å².